The number of aliphatic hydroxyl groups excluding tert-OH is 1. The normalized spacial score (nSPS) is 12.3. The quantitative estimate of drug-likeness (QED) is 0.877. The fourth-order valence-corrected chi connectivity index (χ4v) is 2.25. The van der Waals surface area contributed by atoms with Gasteiger partial charge in [-0.15, -0.1) is 0 Å². The van der Waals surface area contributed by atoms with E-state index in [1.54, 1.807) is 33.5 Å². The van der Waals surface area contributed by atoms with E-state index in [-0.39, 0.29) is 0 Å². The summed E-state index contributed by atoms with van der Waals surface area (Å²) in [6.07, 6.45) is -0.0989. The number of ether oxygens (including phenoxy) is 3. The first-order chi connectivity index (χ1) is 8.15. The first kappa shape index (κ1) is 14.3. The van der Waals surface area contributed by atoms with E-state index < -0.39 is 6.10 Å². The summed E-state index contributed by atoms with van der Waals surface area (Å²) < 4.78 is 16.1. The van der Waals surface area contributed by atoms with Crippen molar-refractivity contribution in [2.75, 3.05) is 27.9 Å². The van der Waals surface area contributed by atoms with E-state index in [0.29, 0.717) is 29.0 Å². The fraction of sp³-hybridized carbons (Fsp3) is 0.500. The predicted molar refractivity (Wildman–Crippen MR) is 68.7 cm³/mol. The molecule has 0 heterocycles. The van der Waals surface area contributed by atoms with E-state index >= 15 is 0 Å². The second kappa shape index (κ2) is 6.83. The minimum absolute atomic E-state index is 0.494. The van der Waals surface area contributed by atoms with Crippen LogP contribution in [-0.2, 0) is 4.74 Å². The van der Waals surface area contributed by atoms with Gasteiger partial charge in [-0.1, -0.05) is 0 Å². The van der Waals surface area contributed by atoms with Crippen LogP contribution in [0.2, 0.25) is 0 Å². The van der Waals surface area contributed by atoms with Gasteiger partial charge in [0.1, 0.15) is 16.0 Å². The Labute approximate surface area is 110 Å². The molecule has 0 fully saturated rings. The van der Waals surface area contributed by atoms with Crippen molar-refractivity contribution in [1.82, 2.24) is 0 Å². The molecule has 1 atom stereocenters. The molecule has 0 saturated carbocycles. The Morgan fingerprint density at radius 1 is 1.24 bits per heavy atom. The Kier molecular flexibility index (Phi) is 5.74. The molecule has 0 aliphatic carbocycles. The van der Waals surface area contributed by atoms with E-state index in [0.717, 1.165) is 5.56 Å². The van der Waals surface area contributed by atoms with Gasteiger partial charge in [0.05, 0.1) is 20.3 Å². The molecular weight excluding hydrogens is 288 g/mol. The largest absolute Gasteiger partial charge is 0.495 e. The lowest BCUT2D eigenvalue weighted by Gasteiger charge is -2.17. The standard InChI is InChI=1S/C12H17BrO4/c1-15-7-6-9(14)8-4-5-10(16-2)11(13)12(8)17-3/h4-5,9,14H,6-7H2,1-3H3. The summed E-state index contributed by atoms with van der Waals surface area (Å²) >= 11 is 3.40. The van der Waals surface area contributed by atoms with Gasteiger partial charge in [0, 0.05) is 25.7 Å². The number of hydrogen-bond donors (Lipinski definition) is 1. The molecule has 0 bridgehead atoms. The fourth-order valence-electron chi connectivity index (χ4n) is 1.57. The number of benzene rings is 1. The second-order valence-corrected chi connectivity index (χ2v) is 4.29. The van der Waals surface area contributed by atoms with Crippen LogP contribution in [0.15, 0.2) is 16.6 Å². The van der Waals surface area contributed by atoms with Gasteiger partial charge in [0.25, 0.3) is 0 Å². The third kappa shape index (κ3) is 3.34. The highest BCUT2D eigenvalue weighted by atomic mass is 79.9. The Balaban J connectivity index is 3.03. The Morgan fingerprint density at radius 2 is 1.94 bits per heavy atom. The van der Waals surface area contributed by atoms with Gasteiger partial charge >= 0.3 is 0 Å². The van der Waals surface area contributed by atoms with Crippen LogP contribution >= 0.6 is 15.9 Å². The van der Waals surface area contributed by atoms with Gasteiger partial charge in [-0.25, -0.2) is 0 Å². The maximum Gasteiger partial charge on any atom is 0.142 e. The summed E-state index contributed by atoms with van der Waals surface area (Å²) in [5.41, 5.74) is 0.720. The molecule has 0 aliphatic rings. The summed E-state index contributed by atoms with van der Waals surface area (Å²) in [6, 6.07) is 3.58. The lowest BCUT2D eigenvalue weighted by Crippen LogP contribution is -2.05. The van der Waals surface area contributed by atoms with Crippen molar-refractivity contribution in [3.05, 3.63) is 22.2 Å². The summed E-state index contributed by atoms with van der Waals surface area (Å²) in [7, 11) is 4.75. The van der Waals surface area contributed by atoms with Gasteiger partial charge in [-0.3, -0.25) is 0 Å². The van der Waals surface area contributed by atoms with E-state index in [1.165, 1.54) is 0 Å². The predicted octanol–water partition coefficient (Wildman–Crippen LogP) is 2.54. The van der Waals surface area contributed by atoms with E-state index in [2.05, 4.69) is 15.9 Å². The molecule has 1 unspecified atom stereocenters. The molecule has 1 aromatic carbocycles. The highest BCUT2D eigenvalue weighted by Gasteiger charge is 2.18. The van der Waals surface area contributed by atoms with Crippen LogP contribution < -0.4 is 9.47 Å². The van der Waals surface area contributed by atoms with Gasteiger partial charge < -0.3 is 19.3 Å². The van der Waals surface area contributed by atoms with Gasteiger partial charge in [0.2, 0.25) is 0 Å². The van der Waals surface area contributed by atoms with Gasteiger partial charge in [0.15, 0.2) is 0 Å². The summed E-state index contributed by atoms with van der Waals surface area (Å²) in [5.74, 6) is 1.26. The van der Waals surface area contributed by atoms with Crippen molar-refractivity contribution >= 4 is 15.9 Å². The Bertz CT molecular complexity index is 368. The van der Waals surface area contributed by atoms with E-state index in [4.69, 9.17) is 14.2 Å². The van der Waals surface area contributed by atoms with Crippen LogP contribution in [0.1, 0.15) is 18.1 Å². The smallest absolute Gasteiger partial charge is 0.142 e. The number of aliphatic hydroxyl groups is 1. The molecule has 0 aliphatic heterocycles. The molecule has 96 valence electrons. The SMILES string of the molecule is COCCC(O)c1ccc(OC)c(Br)c1OC. The van der Waals surface area contributed by atoms with Crippen LogP contribution in [0.5, 0.6) is 11.5 Å². The molecule has 0 aromatic heterocycles. The lowest BCUT2D eigenvalue weighted by molar-refractivity contribution is 0.108. The van der Waals surface area contributed by atoms with Crippen molar-refractivity contribution in [3.63, 3.8) is 0 Å². The average Bonchev–Trinajstić information content (AvgIpc) is 2.35. The zero-order valence-electron chi connectivity index (χ0n) is 10.2. The Morgan fingerprint density at radius 3 is 2.47 bits per heavy atom. The molecule has 4 nitrogen and oxygen atoms in total. The molecule has 0 spiro atoms. The topological polar surface area (TPSA) is 47.9 Å². The van der Waals surface area contributed by atoms with E-state index in [9.17, 15) is 5.11 Å². The second-order valence-electron chi connectivity index (χ2n) is 3.50. The monoisotopic (exact) mass is 304 g/mol. The van der Waals surface area contributed by atoms with Crippen molar-refractivity contribution in [2.45, 2.75) is 12.5 Å². The first-order valence-electron chi connectivity index (χ1n) is 5.23. The van der Waals surface area contributed by atoms with Crippen LogP contribution in [-0.4, -0.2) is 33.0 Å². The molecule has 0 radical (unpaired) electrons. The van der Waals surface area contributed by atoms with Gasteiger partial charge in [-0.05, 0) is 28.1 Å². The number of rotatable bonds is 6. The van der Waals surface area contributed by atoms with Gasteiger partial charge in [-0.2, -0.15) is 0 Å². The number of hydrogen-bond acceptors (Lipinski definition) is 4. The maximum absolute atomic E-state index is 10.0. The van der Waals surface area contributed by atoms with Crippen molar-refractivity contribution in [2.24, 2.45) is 0 Å². The highest BCUT2D eigenvalue weighted by molar-refractivity contribution is 9.10. The lowest BCUT2D eigenvalue weighted by atomic mass is 10.1. The molecule has 1 N–H and O–H groups in total. The zero-order chi connectivity index (χ0) is 12.8. The van der Waals surface area contributed by atoms with Crippen molar-refractivity contribution in [1.29, 1.82) is 0 Å². The average molecular weight is 305 g/mol. The molecule has 0 saturated heterocycles. The number of halogens is 1. The number of methoxy groups -OCH3 is 3. The molecule has 5 heteroatoms. The minimum atomic E-state index is -0.618. The maximum atomic E-state index is 10.0. The first-order valence-corrected chi connectivity index (χ1v) is 6.02. The van der Waals surface area contributed by atoms with Crippen LogP contribution in [0, 0.1) is 0 Å². The van der Waals surface area contributed by atoms with Crippen molar-refractivity contribution < 1.29 is 19.3 Å². The molecular formula is C12H17BrO4. The van der Waals surface area contributed by atoms with Crippen molar-refractivity contribution in [3.8, 4) is 11.5 Å². The summed E-state index contributed by atoms with van der Waals surface area (Å²) in [6.45, 7) is 0.494. The summed E-state index contributed by atoms with van der Waals surface area (Å²) in [5, 5.41) is 10.0. The van der Waals surface area contributed by atoms with Crippen LogP contribution in [0.4, 0.5) is 0 Å². The van der Waals surface area contributed by atoms with E-state index in [1.807, 2.05) is 0 Å². The minimum Gasteiger partial charge on any atom is -0.495 e. The third-order valence-electron chi connectivity index (χ3n) is 2.47. The molecule has 1 rings (SSSR count). The summed E-state index contributed by atoms with van der Waals surface area (Å²) in [4.78, 5) is 0. The third-order valence-corrected chi connectivity index (χ3v) is 3.22. The molecule has 1 aromatic rings. The molecule has 0 amide bonds. The van der Waals surface area contributed by atoms with Crippen LogP contribution in [0.25, 0.3) is 0 Å². The van der Waals surface area contributed by atoms with Crippen LogP contribution in [0.3, 0.4) is 0 Å². The molecule has 17 heavy (non-hydrogen) atoms. The Hall–Kier alpha value is -0.780. The zero-order valence-corrected chi connectivity index (χ0v) is 11.8. The highest BCUT2D eigenvalue weighted by Crippen LogP contribution is 2.40.